The van der Waals surface area contributed by atoms with Crippen LogP contribution in [-0.4, -0.2) is 46.3 Å². The Balaban J connectivity index is 1.67. The molecule has 1 saturated heterocycles. The molecule has 2 bridgehead atoms. The Bertz CT molecular complexity index is 1110. The van der Waals surface area contributed by atoms with Gasteiger partial charge in [-0.2, -0.15) is 0 Å². The molecule has 0 radical (unpaired) electrons. The molecule has 1 fully saturated rings. The molecule has 5 nitrogen and oxygen atoms in total. The van der Waals surface area contributed by atoms with Crippen LogP contribution in [0.25, 0.3) is 5.57 Å². The predicted octanol–water partition coefficient (Wildman–Crippen LogP) is 1.86. The average Bonchev–Trinajstić information content (AvgIpc) is 3.24. The molecule has 1 N–H and O–H groups in total. The van der Waals surface area contributed by atoms with Crippen molar-refractivity contribution in [2.75, 3.05) is 0 Å². The van der Waals surface area contributed by atoms with Gasteiger partial charge in [0.25, 0.3) is 0 Å². The van der Waals surface area contributed by atoms with Crippen LogP contribution in [0.1, 0.15) is 5.56 Å². The first-order valence-electron chi connectivity index (χ1n) is 8.15. The molecule has 2 aromatic rings. The average molecular weight is 485 g/mol. The molecule has 2 aromatic carbocycles. The van der Waals surface area contributed by atoms with E-state index >= 15 is 0 Å². The molecular formula is C18H12InNO4S2. The number of hydrogen-bond acceptors (Lipinski definition) is 5. The Labute approximate surface area is 162 Å². The normalized spacial score (nSPS) is 23.8. The molecule has 4 aliphatic heterocycles. The van der Waals surface area contributed by atoms with Crippen molar-refractivity contribution >= 4 is 63.1 Å². The molecule has 4 aliphatic rings. The number of allylic oxidation sites excluding steroid dienone is 1. The van der Waals surface area contributed by atoms with Gasteiger partial charge in [-0.15, -0.1) is 0 Å². The molecule has 2 unspecified atom stereocenters. The minimum atomic E-state index is -3.55. The number of rotatable bonds is 3. The van der Waals surface area contributed by atoms with Crippen LogP contribution in [0.2, 0.25) is 3.67 Å². The number of nitrogens with one attached hydrogen (secondary N) is 1. The summed E-state index contributed by atoms with van der Waals surface area (Å²) in [6.07, 6.45) is 0. The van der Waals surface area contributed by atoms with E-state index in [1.54, 1.807) is 30.3 Å². The van der Waals surface area contributed by atoms with Crippen molar-refractivity contribution in [1.82, 2.24) is 5.32 Å². The second-order valence-electron chi connectivity index (χ2n) is 6.50. The zero-order chi connectivity index (χ0) is 18.1. The zero-order valence-corrected chi connectivity index (χ0v) is 18.3. The molecule has 128 valence electrons. The number of amides is 2. The van der Waals surface area contributed by atoms with Crippen LogP contribution in [-0.2, 0) is 14.6 Å². The van der Waals surface area contributed by atoms with Crippen molar-refractivity contribution in [1.29, 1.82) is 0 Å². The topological polar surface area (TPSA) is 80.3 Å². The Kier molecular flexibility index (Phi) is 3.68. The molecule has 26 heavy (non-hydrogen) atoms. The zero-order valence-electron chi connectivity index (χ0n) is 13.4. The fourth-order valence-electron chi connectivity index (χ4n) is 4.20. The number of hydrogen-bond donors (Lipinski definition) is 1. The Morgan fingerprint density at radius 1 is 0.962 bits per heavy atom. The van der Waals surface area contributed by atoms with Crippen LogP contribution < -0.4 is 8.64 Å². The summed E-state index contributed by atoms with van der Waals surface area (Å²) in [6.45, 7) is 0. The molecule has 0 aromatic heterocycles. The van der Waals surface area contributed by atoms with Gasteiger partial charge in [0.15, 0.2) is 0 Å². The number of imide groups is 1. The fraction of sp³-hybridized carbons (Fsp3) is 0.111. The van der Waals surface area contributed by atoms with E-state index < -0.39 is 36.5 Å². The first kappa shape index (κ1) is 16.6. The van der Waals surface area contributed by atoms with Gasteiger partial charge in [-0.1, -0.05) is 0 Å². The number of sulfone groups is 1. The maximum atomic E-state index is 13.3. The van der Waals surface area contributed by atoms with Crippen LogP contribution in [0, 0.1) is 0 Å². The van der Waals surface area contributed by atoms with Crippen molar-refractivity contribution in [2.45, 2.75) is 13.8 Å². The summed E-state index contributed by atoms with van der Waals surface area (Å²) >= 11 is -1.96. The van der Waals surface area contributed by atoms with Crippen molar-refractivity contribution in [3.63, 3.8) is 0 Å². The Morgan fingerprint density at radius 3 is 2.31 bits per heavy atom. The molecule has 8 heteroatoms. The van der Waals surface area contributed by atoms with Gasteiger partial charge in [-0.05, 0) is 0 Å². The van der Waals surface area contributed by atoms with Crippen LogP contribution >= 0.6 is 11.8 Å². The SMILES string of the molecule is O=C1NC(=O)C([CH]2C3=[C](S(=O)(=O)c4ccccc4)[In]2[c]2ccccc23)S1. The van der Waals surface area contributed by atoms with E-state index in [1.807, 2.05) is 24.3 Å². The second kappa shape index (κ2) is 5.74. The monoisotopic (exact) mass is 485 g/mol. The third-order valence-corrected chi connectivity index (χ3v) is 23.1. The quantitative estimate of drug-likeness (QED) is 0.719. The van der Waals surface area contributed by atoms with E-state index in [-0.39, 0.29) is 14.8 Å². The van der Waals surface area contributed by atoms with E-state index in [4.69, 9.17) is 0 Å². The Morgan fingerprint density at radius 2 is 1.65 bits per heavy atom. The Hall–Kier alpha value is -1.51. The maximum absolute atomic E-state index is 13.3. The molecular weight excluding hydrogens is 473 g/mol. The van der Waals surface area contributed by atoms with Crippen molar-refractivity contribution in [3.05, 3.63) is 62.8 Å². The van der Waals surface area contributed by atoms with E-state index in [9.17, 15) is 18.0 Å². The third-order valence-electron chi connectivity index (χ3n) is 5.21. The van der Waals surface area contributed by atoms with E-state index in [0.717, 1.165) is 26.2 Å². The summed E-state index contributed by atoms with van der Waals surface area (Å²) in [7, 11) is -3.55. The number of carbonyl (C=O) groups excluding carboxylic acids is 2. The van der Waals surface area contributed by atoms with E-state index in [0.29, 0.717) is 7.56 Å². The number of carbonyl (C=O) groups is 2. The van der Waals surface area contributed by atoms with Gasteiger partial charge in [0.1, 0.15) is 0 Å². The van der Waals surface area contributed by atoms with E-state index in [2.05, 4.69) is 5.32 Å². The fourth-order valence-corrected chi connectivity index (χ4v) is 24.6. The molecule has 0 saturated carbocycles. The molecule has 0 aliphatic carbocycles. The van der Waals surface area contributed by atoms with Crippen LogP contribution in [0.5, 0.6) is 0 Å². The van der Waals surface area contributed by atoms with Gasteiger partial charge in [-0.25, -0.2) is 0 Å². The summed E-state index contributed by atoms with van der Waals surface area (Å²) < 4.78 is 28.2. The van der Waals surface area contributed by atoms with Crippen molar-refractivity contribution in [3.8, 4) is 0 Å². The van der Waals surface area contributed by atoms with Gasteiger partial charge in [0.2, 0.25) is 0 Å². The van der Waals surface area contributed by atoms with E-state index in [1.165, 1.54) is 0 Å². The van der Waals surface area contributed by atoms with Crippen molar-refractivity contribution < 1.29 is 18.0 Å². The van der Waals surface area contributed by atoms with Crippen molar-refractivity contribution in [2.24, 2.45) is 0 Å². The molecule has 0 spiro atoms. The molecule has 6 rings (SSSR count). The van der Waals surface area contributed by atoms with Gasteiger partial charge in [0, 0.05) is 0 Å². The molecule has 2 amide bonds. The molecule has 4 heterocycles. The summed E-state index contributed by atoms with van der Waals surface area (Å²) in [4.78, 5) is 24.2. The summed E-state index contributed by atoms with van der Waals surface area (Å²) in [5, 5.41) is 1.52. The first-order chi connectivity index (χ1) is 12.5. The number of benzene rings is 2. The van der Waals surface area contributed by atoms with Crippen LogP contribution in [0.15, 0.2) is 62.2 Å². The predicted molar refractivity (Wildman–Crippen MR) is 101 cm³/mol. The first-order valence-corrected chi connectivity index (χ1v) is 15.7. The van der Waals surface area contributed by atoms with Gasteiger partial charge in [-0.3, -0.25) is 0 Å². The number of thioether (sulfide) groups is 1. The minimum absolute atomic E-state index is 0.0702. The van der Waals surface area contributed by atoms with Gasteiger partial charge in [0.05, 0.1) is 0 Å². The van der Waals surface area contributed by atoms with Gasteiger partial charge < -0.3 is 0 Å². The van der Waals surface area contributed by atoms with Crippen LogP contribution in [0.3, 0.4) is 0 Å². The second-order valence-corrected chi connectivity index (χ2v) is 18.9. The standard InChI is InChI=1S/C18H12NO4S2.In/c20-17-16(24-18(21)19-17)11-14(13-7-3-1-4-8-13)12-25(22,23)15-9-5-2-6-10-15;/h1-7,9-11,16H,(H,19,20,21);. The third kappa shape index (κ3) is 2.15. The molecule has 2 atom stereocenters. The summed E-state index contributed by atoms with van der Waals surface area (Å²) in [5.41, 5.74) is 1.76. The van der Waals surface area contributed by atoms with Gasteiger partial charge >= 0.3 is 163 Å². The summed E-state index contributed by atoms with van der Waals surface area (Å²) in [5.74, 6) is -0.284. The van der Waals surface area contributed by atoms with Crippen LogP contribution in [0.4, 0.5) is 4.79 Å². The summed E-state index contributed by atoms with van der Waals surface area (Å²) in [6, 6.07) is 16.2.